The van der Waals surface area contributed by atoms with Crippen molar-refractivity contribution in [2.75, 3.05) is 6.54 Å². The van der Waals surface area contributed by atoms with Gasteiger partial charge in [-0.1, -0.05) is 5.01 Å². The fourth-order valence-electron chi connectivity index (χ4n) is 0.332. The fourth-order valence-corrected chi connectivity index (χ4v) is 0.332. The molecule has 0 atom stereocenters. The van der Waals surface area contributed by atoms with E-state index in [9.17, 15) is 18.7 Å². The van der Waals surface area contributed by atoms with Gasteiger partial charge in [-0.25, -0.2) is 8.78 Å². The Labute approximate surface area is 59.6 Å². The fraction of sp³-hybridized carbons (Fsp3) is 0.667. The molecule has 8 heteroatoms. The Morgan fingerprint density at radius 2 is 2.36 bits per heavy atom. The van der Waals surface area contributed by atoms with Crippen LogP contribution in [0.3, 0.4) is 0 Å². The summed E-state index contributed by atoms with van der Waals surface area (Å²) in [5, 5.41) is 12.3. The molecule has 0 aliphatic heterocycles. The molecule has 0 aromatic rings. The number of halogens is 2. The zero-order valence-electron chi connectivity index (χ0n) is 5.20. The van der Waals surface area contributed by atoms with Gasteiger partial charge >= 0.3 is 0 Å². The SMILES string of the molecule is N=[N+]=NN(CC(F)F)C(=O)[O-]. The van der Waals surface area contributed by atoms with Crippen LogP contribution in [0, 0.1) is 5.53 Å². The van der Waals surface area contributed by atoms with Gasteiger partial charge in [-0.2, -0.15) is 0 Å². The molecule has 0 unspecified atom stereocenters. The summed E-state index contributed by atoms with van der Waals surface area (Å²) in [7, 11) is 0. The third kappa shape index (κ3) is 3.93. The molecule has 6 nitrogen and oxygen atoms in total. The highest BCUT2D eigenvalue weighted by Gasteiger charge is 2.18. The van der Waals surface area contributed by atoms with E-state index in [1.54, 1.807) is 0 Å². The summed E-state index contributed by atoms with van der Waals surface area (Å²) in [5.74, 6) is 0. The lowest BCUT2D eigenvalue weighted by molar-refractivity contribution is -0.267. The molecule has 0 spiro atoms. The zero-order valence-corrected chi connectivity index (χ0v) is 5.20. The van der Waals surface area contributed by atoms with Crippen LogP contribution in [-0.4, -0.2) is 24.1 Å². The van der Waals surface area contributed by atoms with Crippen LogP contribution in [0.15, 0.2) is 5.22 Å². The first-order chi connectivity index (χ1) is 5.07. The van der Waals surface area contributed by atoms with Crippen molar-refractivity contribution in [1.82, 2.24) is 9.92 Å². The highest BCUT2D eigenvalue weighted by Crippen LogP contribution is 1.96. The molecule has 0 aliphatic rings. The van der Waals surface area contributed by atoms with Gasteiger partial charge in [0, 0.05) is 0 Å². The lowest BCUT2D eigenvalue weighted by Crippen LogP contribution is -2.40. The maximum absolute atomic E-state index is 11.5. The smallest absolute Gasteiger partial charge is 0.277 e. The Kier molecular flexibility index (Phi) is 3.68. The number of nitrogens with zero attached hydrogens (tertiary/aromatic N) is 3. The molecule has 1 N–H and O–H groups in total. The molecule has 0 bridgehead atoms. The molecule has 0 aromatic heterocycles. The van der Waals surface area contributed by atoms with E-state index < -0.39 is 19.1 Å². The monoisotopic (exact) mass is 166 g/mol. The number of carboxylic acid groups (broad SMARTS) is 1. The normalized spacial score (nSPS) is 9.00. The van der Waals surface area contributed by atoms with E-state index in [2.05, 4.69) is 10.1 Å². The summed E-state index contributed by atoms with van der Waals surface area (Å²) in [4.78, 5) is 12.1. The number of hydrogen-bond acceptors (Lipinski definition) is 4. The van der Waals surface area contributed by atoms with Crippen molar-refractivity contribution in [3.8, 4) is 0 Å². The molecule has 0 saturated carbocycles. The highest BCUT2D eigenvalue weighted by atomic mass is 19.3. The maximum Gasteiger partial charge on any atom is 0.277 e. The molecule has 0 aromatic carbocycles. The van der Waals surface area contributed by atoms with Crippen LogP contribution in [0.2, 0.25) is 0 Å². The Balaban J connectivity index is 4.11. The van der Waals surface area contributed by atoms with Gasteiger partial charge < -0.3 is 9.90 Å². The van der Waals surface area contributed by atoms with E-state index in [1.165, 1.54) is 0 Å². The van der Waals surface area contributed by atoms with E-state index in [1.807, 2.05) is 0 Å². The number of hydrogen-bond donors (Lipinski definition) is 1. The van der Waals surface area contributed by atoms with Crippen molar-refractivity contribution in [2.45, 2.75) is 6.43 Å². The molecule has 0 rings (SSSR count). The van der Waals surface area contributed by atoms with Gasteiger partial charge in [0.15, 0.2) is 6.54 Å². The Bertz CT molecular complexity index is 188. The first kappa shape index (κ1) is 9.44. The number of alkyl halides is 2. The van der Waals surface area contributed by atoms with Crippen molar-refractivity contribution in [1.29, 1.82) is 5.53 Å². The van der Waals surface area contributed by atoms with Crippen LogP contribution < -0.4 is 10.0 Å². The summed E-state index contributed by atoms with van der Waals surface area (Å²) in [6.07, 6.45) is -4.78. The minimum Gasteiger partial charge on any atom is -0.509 e. The molecular formula is C3H4F2N4O2. The van der Waals surface area contributed by atoms with Crippen molar-refractivity contribution in [3.63, 3.8) is 0 Å². The van der Waals surface area contributed by atoms with Gasteiger partial charge in [0.25, 0.3) is 12.5 Å². The Hall–Kier alpha value is -1.56. The predicted octanol–water partition coefficient (Wildman–Crippen LogP) is -0.638. The summed E-state index contributed by atoms with van der Waals surface area (Å²) in [5.41, 5.74) is 6.05. The molecule has 0 radical (unpaired) electrons. The number of nitrogens with one attached hydrogen (secondary N) is 1. The van der Waals surface area contributed by atoms with Gasteiger partial charge in [0.2, 0.25) is 5.22 Å². The zero-order chi connectivity index (χ0) is 8.85. The number of carbonyl (C=O) groups is 1. The average molecular weight is 166 g/mol. The molecule has 1 amide bonds. The minimum atomic E-state index is -2.86. The van der Waals surface area contributed by atoms with Crippen LogP contribution in [0.4, 0.5) is 13.6 Å². The summed E-state index contributed by atoms with van der Waals surface area (Å²) in [6, 6.07) is 0. The first-order valence-electron chi connectivity index (χ1n) is 2.42. The number of rotatable bonds is 3. The lowest BCUT2D eigenvalue weighted by Gasteiger charge is -2.05. The van der Waals surface area contributed by atoms with Gasteiger partial charge in [-0.15, -0.1) is 0 Å². The van der Waals surface area contributed by atoms with Crippen molar-refractivity contribution in [2.24, 2.45) is 5.22 Å². The quantitative estimate of drug-likeness (QED) is 0.343. The predicted molar refractivity (Wildman–Crippen MR) is 25.4 cm³/mol. The van der Waals surface area contributed by atoms with Crippen LogP contribution in [-0.2, 0) is 0 Å². The van der Waals surface area contributed by atoms with Crippen LogP contribution in [0.25, 0.3) is 0 Å². The van der Waals surface area contributed by atoms with Crippen molar-refractivity contribution in [3.05, 3.63) is 0 Å². The second kappa shape index (κ2) is 4.29. The number of carbonyl (C=O) groups excluding carboxylic acids is 1. The highest BCUT2D eigenvalue weighted by molar-refractivity contribution is 5.61. The maximum atomic E-state index is 11.5. The van der Waals surface area contributed by atoms with E-state index >= 15 is 0 Å². The van der Waals surface area contributed by atoms with Gasteiger partial charge in [0.05, 0.1) is 4.91 Å². The van der Waals surface area contributed by atoms with Gasteiger partial charge in [-0.3, -0.25) is 0 Å². The Morgan fingerprint density at radius 3 is 2.64 bits per heavy atom. The van der Waals surface area contributed by atoms with E-state index in [4.69, 9.17) is 5.53 Å². The molecule has 0 saturated heterocycles. The van der Waals surface area contributed by atoms with Crippen molar-refractivity contribution >= 4 is 6.09 Å². The largest absolute Gasteiger partial charge is 0.509 e. The summed E-state index contributed by atoms with van der Waals surface area (Å²) in [6.45, 7) is -1.13. The van der Waals surface area contributed by atoms with E-state index in [-0.39, 0.29) is 5.01 Å². The van der Waals surface area contributed by atoms with Gasteiger partial charge in [0.1, 0.15) is 0 Å². The lowest BCUT2D eigenvalue weighted by atomic mass is 10.6. The molecule has 0 fully saturated rings. The molecule has 62 valence electrons. The molecular weight excluding hydrogens is 162 g/mol. The Morgan fingerprint density at radius 1 is 1.82 bits per heavy atom. The molecule has 0 aliphatic carbocycles. The second-order valence-corrected chi connectivity index (χ2v) is 1.43. The minimum absolute atomic E-state index is 0.127. The topological polar surface area (TPSA) is 93.7 Å². The standard InChI is InChI=1S/C3H4F2N4O2/c4-2(5)1-9(3(10)11)8-7-6/h2,6H,1H2. The van der Waals surface area contributed by atoms with Gasteiger partial charge in [-0.05, 0) is 5.53 Å². The average Bonchev–Trinajstić information content (AvgIpc) is 1.86. The first-order valence-corrected chi connectivity index (χ1v) is 2.42. The summed E-state index contributed by atoms with van der Waals surface area (Å²) < 4.78 is 22.9. The van der Waals surface area contributed by atoms with Crippen LogP contribution in [0.5, 0.6) is 0 Å². The third-order valence-electron chi connectivity index (χ3n) is 0.674. The number of amides is 1. The van der Waals surface area contributed by atoms with Crippen LogP contribution >= 0.6 is 0 Å². The van der Waals surface area contributed by atoms with E-state index in [0.29, 0.717) is 0 Å². The second-order valence-electron chi connectivity index (χ2n) is 1.43. The van der Waals surface area contributed by atoms with Crippen molar-refractivity contribution < 1.29 is 18.7 Å². The summed E-state index contributed by atoms with van der Waals surface area (Å²) >= 11 is 0. The van der Waals surface area contributed by atoms with Crippen LogP contribution in [0.1, 0.15) is 0 Å². The molecule has 0 heterocycles. The third-order valence-corrected chi connectivity index (χ3v) is 0.674. The molecule has 11 heavy (non-hydrogen) atoms. The van der Waals surface area contributed by atoms with E-state index in [0.717, 1.165) is 0 Å².